The molecule has 17 heavy (non-hydrogen) atoms. The maximum Gasteiger partial charge on any atom is 0.411 e. The lowest BCUT2D eigenvalue weighted by atomic mass is 9.84. The van der Waals surface area contributed by atoms with Gasteiger partial charge in [-0.2, -0.15) is 0 Å². The van der Waals surface area contributed by atoms with E-state index in [-0.39, 0.29) is 11.6 Å². The van der Waals surface area contributed by atoms with Crippen molar-refractivity contribution in [1.82, 2.24) is 4.90 Å². The highest BCUT2D eigenvalue weighted by Crippen LogP contribution is 2.33. The number of amides is 1. The standard InChI is InChI=1S/C13H25NO2Si/c1-9-10(17)7-8-14(13(9,5)6)11(15)16-12(2,3)4/h7,9H,8H2,1-6,17H3. The van der Waals surface area contributed by atoms with Crippen molar-refractivity contribution in [3.63, 3.8) is 0 Å². The van der Waals surface area contributed by atoms with Gasteiger partial charge >= 0.3 is 6.09 Å². The maximum atomic E-state index is 12.2. The van der Waals surface area contributed by atoms with Crippen molar-refractivity contribution in [2.75, 3.05) is 6.54 Å². The van der Waals surface area contributed by atoms with Crippen LogP contribution in [0.1, 0.15) is 41.5 Å². The second kappa shape index (κ2) is 4.48. The van der Waals surface area contributed by atoms with Crippen molar-refractivity contribution >= 4 is 16.3 Å². The molecule has 0 aliphatic carbocycles. The van der Waals surface area contributed by atoms with Gasteiger partial charge in [0.15, 0.2) is 0 Å². The van der Waals surface area contributed by atoms with Crippen molar-refractivity contribution in [2.24, 2.45) is 5.92 Å². The normalized spacial score (nSPS) is 24.5. The minimum atomic E-state index is -0.429. The molecule has 1 heterocycles. The van der Waals surface area contributed by atoms with Crippen LogP contribution in [0.15, 0.2) is 11.3 Å². The second-order valence-corrected chi connectivity index (χ2v) is 7.57. The molecule has 0 aromatic rings. The number of hydrogen-bond acceptors (Lipinski definition) is 2. The van der Waals surface area contributed by atoms with E-state index in [4.69, 9.17) is 4.74 Å². The third-order valence-electron chi connectivity index (χ3n) is 3.65. The van der Waals surface area contributed by atoms with Gasteiger partial charge < -0.3 is 4.74 Å². The molecule has 1 aliphatic heterocycles. The smallest absolute Gasteiger partial charge is 0.411 e. The molecule has 1 unspecified atom stereocenters. The van der Waals surface area contributed by atoms with Crippen molar-refractivity contribution < 1.29 is 9.53 Å². The molecular weight excluding hydrogens is 230 g/mol. The largest absolute Gasteiger partial charge is 0.444 e. The molecule has 0 saturated heterocycles. The van der Waals surface area contributed by atoms with Crippen LogP contribution in [0.4, 0.5) is 4.79 Å². The van der Waals surface area contributed by atoms with Gasteiger partial charge in [0.1, 0.15) is 5.60 Å². The van der Waals surface area contributed by atoms with E-state index >= 15 is 0 Å². The summed E-state index contributed by atoms with van der Waals surface area (Å²) < 4.78 is 5.47. The van der Waals surface area contributed by atoms with Crippen molar-refractivity contribution in [2.45, 2.75) is 52.7 Å². The zero-order valence-corrected chi connectivity index (χ0v) is 14.1. The van der Waals surface area contributed by atoms with Crippen LogP contribution in [-0.4, -0.2) is 38.9 Å². The zero-order valence-electron chi connectivity index (χ0n) is 12.1. The van der Waals surface area contributed by atoms with Gasteiger partial charge in [0.05, 0.1) is 0 Å². The predicted octanol–water partition coefficient (Wildman–Crippen LogP) is 1.90. The van der Waals surface area contributed by atoms with Crippen LogP contribution in [0.5, 0.6) is 0 Å². The van der Waals surface area contributed by atoms with E-state index in [1.807, 2.05) is 25.7 Å². The number of carbonyl (C=O) groups is 1. The molecular formula is C13H25NO2Si. The van der Waals surface area contributed by atoms with Crippen LogP contribution in [0.2, 0.25) is 0 Å². The summed E-state index contributed by atoms with van der Waals surface area (Å²) in [6.45, 7) is 12.8. The summed E-state index contributed by atoms with van der Waals surface area (Å²) in [7, 11) is 1.07. The monoisotopic (exact) mass is 255 g/mol. The number of rotatable bonds is 0. The lowest BCUT2D eigenvalue weighted by molar-refractivity contribution is -0.00292. The molecule has 0 aromatic carbocycles. The molecule has 3 nitrogen and oxygen atoms in total. The molecule has 4 heteroatoms. The summed E-state index contributed by atoms with van der Waals surface area (Å²) in [5.74, 6) is 0.412. The molecule has 0 N–H and O–H groups in total. The number of carbonyl (C=O) groups excluding carboxylic acids is 1. The summed E-state index contributed by atoms with van der Waals surface area (Å²) in [5.41, 5.74) is -0.588. The number of ether oxygens (including phenoxy) is 1. The Hall–Kier alpha value is -0.773. The first-order valence-corrected chi connectivity index (χ1v) is 7.23. The lowest BCUT2D eigenvalue weighted by Gasteiger charge is -2.46. The fraction of sp³-hybridized carbons (Fsp3) is 0.769. The van der Waals surface area contributed by atoms with E-state index in [2.05, 4.69) is 26.8 Å². The number of hydrogen-bond donors (Lipinski definition) is 0. The summed E-state index contributed by atoms with van der Waals surface area (Å²) in [6.07, 6.45) is 1.96. The Kier molecular flexibility index (Phi) is 3.77. The first-order chi connectivity index (χ1) is 7.55. The predicted molar refractivity (Wildman–Crippen MR) is 74.2 cm³/mol. The van der Waals surface area contributed by atoms with Crippen LogP contribution in [-0.2, 0) is 4.74 Å². The van der Waals surface area contributed by atoms with E-state index in [0.717, 1.165) is 10.2 Å². The fourth-order valence-electron chi connectivity index (χ4n) is 2.07. The van der Waals surface area contributed by atoms with E-state index < -0.39 is 5.60 Å². The Balaban J connectivity index is 2.89. The molecule has 98 valence electrons. The average molecular weight is 255 g/mol. The molecule has 1 amide bonds. The molecule has 0 fully saturated rings. The minimum absolute atomic E-state index is 0.159. The van der Waals surface area contributed by atoms with Crippen molar-refractivity contribution in [3.8, 4) is 0 Å². The highest BCUT2D eigenvalue weighted by Gasteiger charge is 2.40. The molecule has 0 aromatic heterocycles. The van der Waals surface area contributed by atoms with Crippen LogP contribution in [0, 0.1) is 5.92 Å². The zero-order chi connectivity index (χ0) is 13.4. The van der Waals surface area contributed by atoms with Gasteiger partial charge in [-0.05, 0) is 40.5 Å². The highest BCUT2D eigenvalue weighted by atomic mass is 28.1. The Morgan fingerprint density at radius 1 is 1.53 bits per heavy atom. The molecule has 0 spiro atoms. The summed E-state index contributed by atoms with van der Waals surface area (Å²) in [5, 5.41) is 1.48. The van der Waals surface area contributed by atoms with Gasteiger partial charge in [0.2, 0.25) is 0 Å². The maximum absolute atomic E-state index is 12.2. The number of nitrogens with zero attached hydrogens (tertiary/aromatic N) is 1. The van der Waals surface area contributed by atoms with Gasteiger partial charge in [-0.25, -0.2) is 4.79 Å². The van der Waals surface area contributed by atoms with Crippen LogP contribution >= 0.6 is 0 Å². The Morgan fingerprint density at radius 3 is 2.53 bits per heavy atom. The van der Waals surface area contributed by atoms with Gasteiger partial charge in [0, 0.05) is 22.3 Å². The van der Waals surface area contributed by atoms with E-state index in [1.54, 1.807) is 0 Å². The minimum Gasteiger partial charge on any atom is -0.444 e. The quantitative estimate of drug-likeness (QED) is 0.619. The molecule has 0 bridgehead atoms. The van der Waals surface area contributed by atoms with Crippen LogP contribution < -0.4 is 0 Å². The van der Waals surface area contributed by atoms with E-state index in [1.165, 1.54) is 5.20 Å². The van der Waals surface area contributed by atoms with Gasteiger partial charge in [-0.3, -0.25) is 4.90 Å². The molecule has 0 saturated carbocycles. The van der Waals surface area contributed by atoms with E-state index in [9.17, 15) is 4.79 Å². The molecule has 1 atom stereocenters. The van der Waals surface area contributed by atoms with Crippen molar-refractivity contribution in [1.29, 1.82) is 0 Å². The topological polar surface area (TPSA) is 29.5 Å². The molecule has 1 rings (SSSR count). The third kappa shape index (κ3) is 3.12. The molecule has 1 aliphatic rings. The van der Waals surface area contributed by atoms with Crippen LogP contribution in [0.25, 0.3) is 0 Å². The summed E-state index contributed by atoms with van der Waals surface area (Å²) >= 11 is 0. The fourth-order valence-corrected chi connectivity index (χ4v) is 2.95. The second-order valence-electron chi connectivity index (χ2n) is 6.41. The average Bonchev–Trinajstić information content (AvgIpc) is 2.11. The third-order valence-corrected chi connectivity index (χ3v) is 4.92. The van der Waals surface area contributed by atoms with Crippen LogP contribution in [0.3, 0.4) is 0 Å². The van der Waals surface area contributed by atoms with Gasteiger partial charge in [-0.15, -0.1) is 0 Å². The first-order valence-electron chi connectivity index (χ1n) is 6.23. The Labute approximate surface area is 108 Å². The SMILES string of the molecule is CC1C([SiH3])=CCN(C(=O)OC(C)(C)C)C1(C)C. The lowest BCUT2D eigenvalue weighted by Crippen LogP contribution is -2.55. The first kappa shape index (κ1) is 14.3. The highest BCUT2D eigenvalue weighted by molar-refractivity contribution is 6.22. The Bertz CT molecular complexity index is 342. The molecule has 0 radical (unpaired) electrons. The summed E-state index contributed by atoms with van der Waals surface area (Å²) in [6, 6.07) is 0. The van der Waals surface area contributed by atoms with Gasteiger partial charge in [-0.1, -0.05) is 18.2 Å². The van der Waals surface area contributed by atoms with Gasteiger partial charge in [0.25, 0.3) is 0 Å². The van der Waals surface area contributed by atoms with E-state index in [0.29, 0.717) is 12.5 Å². The van der Waals surface area contributed by atoms with Crippen molar-refractivity contribution in [3.05, 3.63) is 11.3 Å². The summed E-state index contributed by atoms with van der Waals surface area (Å²) in [4.78, 5) is 14.0. The Morgan fingerprint density at radius 2 is 2.06 bits per heavy atom.